The van der Waals surface area contributed by atoms with E-state index in [4.69, 9.17) is 33.7 Å². The molecule has 0 fully saturated rings. The van der Waals surface area contributed by atoms with Crippen LogP contribution in [0.2, 0.25) is 10.0 Å². The summed E-state index contributed by atoms with van der Waals surface area (Å²) in [5.41, 5.74) is 7.11. The van der Waals surface area contributed by atoms with Crippen LogP contribution in [0.15, 0.2) is 54.6 Å². The number of carbonyl (C=O) groups is 2. The van der Waals surface area contributed by atoms with E-state index in [-0.39, 0.29) is 16.7 Å². The van der Waals surface area contributed by atoms with Crippen LogP contribution in [0.3, 0.4) is 0 Å². The summed E-state index contributed by atoms with van der Waals surface area (Å²) in [6.45, 7) is 3.68. The third kappa shape index (κ3) is 4.87. The molecule has 2 N–H and O–H groups in total. The third-order valence-corrected chi connectivity index (χ3v) is 5.37. The number of amides is 2. The van der Waals surface area contributed by atoms with Gasteiger partial charge in [0, 0.05) is 23.2 Å². The van der Waals surface area contributed by atoms with Gasteiger partial charge in [0.1, 0.15) is 11.6 Å². The van der Waals surface area contributed by atoms with Crippen molar-refractivity contribution in [2.24, 2.45) is 5.73 Å². The summed E-state index contributed by atoms with van der Waals surface area (Å²) in [6.07, 6.45) is -0.211. The minimum absolute atomic E-state index is 0.0137. The summed E-state index contributed by atoms with van der Waals surface area (Å²) in [7, 11) is 1.51. The highest BCUT2D eigenvalue weighted by Gasteiger charge is 2.24. The van der Waals surface area contributed by atoms with Crippen molar-refractivity contribution >= 4 is 40.7 Å². The number of halogens is 3. The predicted octanol–water partition coefficient (Wildman–Crippen LogP) is 5.96. The monoisotopic (exact) mass is 474 g/mol. The van der Waals surface area contributed by atoms with Gasteiger partial charge in [-0.2, -0.15) is 0 Å². The first kappa shape index (κ1) is 23.6. The molecule has 0 aromatic heterocycles. The molecule has 0 atom stereocenters. The molecule has 0 spiro atoms. The molecule has 0 saturated heterocycles. The van der Waals surface area contributed by atoms with Crippen molar-refractivity contribution in [3.8, 4) is 16.9 Å². The van der Waals surface area contributed by atoms with Crippen LogP contribution in [0.25, 0.3) is 11.1 Å². The van der Waals surface area contributed by atoms with E-state index >= 15 is 0 Å². The van der Waals surface area contributed by atoms with E-state index in [9.17, 15) is 14.0 Å². The number of ether oxygens (including phenoxy) is 1. The highest BCUT2D eigenvalue weighted by Crippen LogP contribution is 2.37. The molecule has 0 bridgehead atoms. The second-order valence-corrected chi connectivity index (χ2v) is 8.18. The van der Waals surface area contributed by atoms with Gasteiger partial charge in [-0.15, -0.1) is 0 Å². The van der Waals surface area contributed by atoms with Crippen LogP contribution in [0.1, 0.15) is 34.6 Å². The Morgan fingerprint density at radius 2 is 1.75 bits per heavy atom. The van der Waals surface area contributed by atoms with E-state index in [1.807, 2.05) is 13.8 Å². The number of nitrogens with two attached hydrogens (primary N) is 1. The van der Waals surface area contributed by atoms with Crippen molar-refractivity contribution < 1.29 is 18.7 Å². The quantitative estimate of drug-likeness (QED) is 0.478. The highest BCUT2D eigenvalue weighted by molar-refractivity contribution is 6.34. The Balaban J connectivity index is 2.09. The molecule has 5 nitrogen and oxygen atoms in total. The van der Waals surface area contributed by atoms with Gasteiger partial charge in [-0.3, -0.25) is 9.59 Å². The summed E-state index contributed by atoms with van der Waals surface area (Å²) in [4.78, 5) is 25.9. The Hall–Kier alpha value is -3.09. The highest BCUT2D eigenvalue weighted by atomic mass is 35.5. The number of carbonyl (C=O) groups excluding carboxylic acids is 2. The molecule has 8 heteroatoms. The molecule has 0 aliphatic carbocycles. The van der Waals surface area contributed by atoms with E-state index in [1.54, 1.807) is 36.4 Å². The summed E-state index contributed by atoms with van der Waals surface area (Å²) in [5, 5.41) is 0.431. The van der Waals surface area contributed by atoms with E-state index in [0.29, 0.717) is 33.1 Å². The molecule has 0 aliphatic heterocycles. The first-order valence-corrected chi connectivity index (χ1v) is 10.5. The van der Waals surface area contributed by atoms with Crippen molar-refractivity contribution in [3.63, 3.8) is 0 Å². The van der Waals surface area contributed by atoms with E-state index < -0.39 is 17.6 Å². The fraction of sp³-hybridized carbons (Fsp3) is 0.167. The van der Waals surface area contributed by atoms with Gasteiger partial charge in [-0.25, -0.2) is 4.39 Å². The molecular formula is C24H21Cl2FN2O3. The molecule has 0 aliphatic rings. The summed E-state index contributed by atoms with van der Waals surface area (Å²) < 4.78 is 20.2. The maximum Gasteiger partial charge on any atom is 0.262 e. The lowest BCUT2D eigenvalue weighted by molar-refractivity contribution is 0.0984. The van der Waals surface area contributed by atoms with Gasteiger partial charge in [0.15, 0.2) is 0 Å². The van der Waals surface area contributed by atoms with Crippen molar-refractivity contribution in [1.82, 2.24) is 0 Å². The minimum Gasteiger partial charge on any atom is -0.489 e. The van der Waals surface area contributed by atoms with Crippen LogP contribution < -0.4 is 15.4 Å². The van der Waals surface area contributed by atoms with Gasteiger partial charge in [-0.1, -0.05) is 35.3 Å². The number of rotatable bonds is 6. The van der Waals surface area contributed by atoms with Crippen LogP contribution in [0, 0.1) is 5.82 Å². The fourth-order valence-electron chi connectivity index (χ4n) is 3.19. The molecular weight excluding hydrogens is 454 g/mol. The minimum atomic E-state index is -0.715. The lowest BCUT2D eigenvalue weighted by Crippen LogP contribution is -2.28. The number of hydrogen-bond donors (Lipinski definition) is 1. The number of benzene rings is 3. The zero-order chi connectivity index (χ0) is 23.6. The summed E-state index contributed by atoms with van der Waals surface area (Å²) in [6, 6.07) is 13.9. The van der Waals surface area contributed by atoms with Crippen LogP contribution in [-0.4, -0.2) is 25.0 Å². The zero-order valence-electron chi connectivity index (χ0n) is 17.7. The Labute approximate surface area is 195 Å². The molecule has 3 rings (SSSR count). The van der Waals surface area contributed by atoms with Gasteiger partial charge in [0.05, 0.1) is 22.4 Å². The smallest absolute Gasteiger partial charge is 0.262 e. The second kappa shape index (κ2) is 9.59. The van der Waals surface area contributed by atoms with Crippen LogP contribution in [-0.2, 0) is 0 Å². The molecule has 3 aromatic carbocycles. The molecule has 3 aromatic rings. The number of hydrogen-bond acceptors (Lipinski definition) is 3. The first-order valence-electron chi connectivity index (χ1n) is 9.72. The molecule has 0 heterocycles. The fourth-order valence-corrected chi connectivity index (χ4v) is 3.66. The lowest BCUT2D eigenvalue weighted by Gasteiger charge is -2.23. The molecule has 2 amide bonds. The zero-order valence-corrected chi connectivity index (χ0v) is 19.2. The van der Waals surface area contributed by atoms with Crippen LogP contribution in [0.5, 0.6) is 5.75 Å². The predicted molar refractivity (Wildman–Crippen MR) is 125 cm³/mol. The third-order valence-electron chi connectivity index (χ3n) is 4.73. The van der Waals surface area contributed by atoms with Crippen molar-refractivity contribution in [3.05, 3.63) is 81.6 Å². The number of primary amides is 1. The van der Waals surface area contributed by atoms with E-state index in [2.05, 4.69) is 0 Å². The second-order valence-electron chi connectivity index (χ2n) is 7.37. The molecule has 0 unspecified atom stereocenters. The molecule has 0 saturated carbocycles. The number of nitrogens with zero attached hydrogens (tertiary/aromatic N) is 1. The lowest BCUT2D eigenvalue weighted by atomic mass is 10.0. The topological polar surface area (TPSA) is 72.6 Å². The Kier molecular flexibility index (Phi) is 7.06. The normalized spacial score (nSPS) is 10.8. The standard InChI is InChI=1S/C24H21Cl2FN2O3/c1-13(2)32-21-12-14(16-11-15(23(28)30)7-9-17(16)25)8-10-20(21)29(3)24(31)22-18(26)5-4-6-19(22)27/h4-13H,1-3H3,(H2,28,30). The van der Waals surface area contributed by atoms with Gasteiger partial charge >= 0.3 is 0 Å². The van der Waals surface area contributed by atoms with E-state index in [0.717, 1.165) is 0 Å². The van der Waals surface area contributed by atoms with Gasteiger partial charge in [-0.05, 0) is 61.9 Å². The van der Waals surface area contributed by atoms with Crippen molar-refractivity contribution in [1.29, 1.82) is 0 Å². The largest absolute Gasteiger partial charge is 0.489 e. The SMILES string of the molecule is CC(C)Oc1cc(-c2cc(C(N)=O)ccc2Cl)ccc1N(C)C(=O)c1c(F)cccc1Cl. The van der Waals surface area contributed by atoms with Crippen molar-refractivity contribution in [2.45, 2.75) is 20.0 Å². The maximum absolute atomic E-state index is 14.3. The van der Waals surface area contributed by atoms with Crippen molar-refractivity contribution in [2.75, 3.05) is 11.9 Å². The van der Waals surface area contributed by atoms with Gasteiger partial charge < -0.3 is 15.4 Å². The van der Waals surface area contributed by atoms with Crippen LogP contribution in [0.4, 0.5) is 10.1 Å². The summed E-state index contributed by atoms with van der Waals surface area (Å²) in [5.74, 6) is -1.54. The average Bonchev–Trinajstić information content (AvgIpc) is 2.72. The maximum atomic E-state index is 14.3. The van der Waals surface area contributed by atoms with E-state index in [1.165, 1.54) is 30.1 Å². The van der Waals surface area contributed by atoms with Gasteiger partial charge in [0.25, 0.3) is 5.91 Å². The molecule has 32 heavy (non-hydrogen) atoms. The van der Waals surface area contributed by atoms with Gasteiger partial charge in [0.2, 0.25) is 5.91 Å². The Morgan fingerprint density at radius 1 is 1.03 bits per heavy atom. The molecule has 166 valence electrons. The molecule has 0 radical (unpaired) electrons. The van der Waals surface area contributed by atoms with Crippen LogP contribution >= 0.6 is 23.2 Å². The summed E-state index contributed by atoms with van der Waals surface area (Å²) >= 11 is 12.4. The number of anilines is 1. The Morgan fingerprint density at radius 3 is 2.38 bits per heavy atom. The average molecular weight is 475 g/mol. The first-order chi connectivity index (χ1) is 15.1. The Bertz CT molecular complexity index is 1180.